The van der Waals surface area contributed by atoms with Gasteiger partial charge in [-0.1, -0.05) is 0 Å². The molecule has 0 aromatic carbocycles. The smallest absolute Gasteiger partial charge is 0.475 e. The van der Waals surface area contributed by atoms with E-state index in [1.54, 1.807) is 24.5 Å². The average molecular weight is 414 g/mol. The number of carbonyl (C=O) groups is 2. The van der Waals surface area contributed by atoms with Crippen LogP contribution in [0, 0.1) is 0 Å². The summed E-state index contributed by atoms with van der Waals surface area (Å²) in [5.41, 5.74) is 2.81. The minimum atomic E-state index is -5.08. The molecule has 1 amide bonds. The predicted octanol–water partition coefficient (Wildman–Crippen LogP) is 2.22. The van der Waals surface area contributed by atoms with Crippen LogP contribution in [0.2, 0.25) is 0 Å². The van der Waals surface area contributed by atoms with Crippen molar-refractivity contribution in [2.45, 2.75) is 25.6 Å². The topological polar surface area (TPSA) is 97.5 Å². The van der Waals surface area contributed by atoms with Crippen molar-refractivity contribution in [1.82, 2.24) is 19.7 Å². The molecule has 0 aliphatic carbocycles. The Kier molecular flexibility index (Phi) is 7.32. The summed E-state index contributed by atoms with van der Waals surface area (Å²) >= 11 is 0. The van der Waals surface area contributed by atoms with Crippen LogP contribution < -0.4 is 0 Å². The fourth-order valence-electron chi connectivity index (χ4n) is 2.86. The van der Waals surface area contributed by atoms with Crippen molar-refractivity contribution in [3.8, 4) is 0 Å². The molecule has 8 nitrogen and oxygen atoms in total. The summed E-state index contributed by atoms with van der Waals surface area (Å²) in [6.07, 6.45) is 0.232. The van der Waals surface area contributed by atoms with Crippen molar-refractivity contribution in [2.75, 3.05) is 19.8 Å². The predicted molar refractivity (Wildman–Crippen MR) is 95.1 cm³/mol. The number of halogens is 3. The molecule has 1 unspecified atom stereocenters. The van der Waals surface area contributed by atoms with Crippen LogP contribution >= 0.6 is 0 Å². The number of carboxylic acids is 1. The highest BCUT2D eigenvalue weighted by Gasteiger charge is 2.38. The zero-order chi connectivity index (χ0) is 21.6. The Morgan fingerprint density at radius 2 is 1.93 bits per heavy atom. The molecular weight excluding hydrogens is 393 g/mol. The minimum absolute atomic E-state index is 0.0141. The van der Waals surface area contributed by atoms with Crippen molar-refractivity contribution in [3.63, 3.8) is 0 Å². The quantitative estimate of drug-likeness (QED) is 0.824. The summed E-state index contributed by atoms with van der Waals surface area (Å²) in [5, 5.41) is 11.6. The fraction of sp³-hybridized carbons (Fsp3) is 0.444. The van der Waals surface area contributed by atoms with E-state index in [4.69, 9.17) is 14.6 Å². The molecule has 2 aromatic rings. The largest absolute Gasteiger partial charge is 0.490 e. The fourth-order valence-corrected chi connectivity index (χ4v) is 2.86. The highest BCUT2D eigenvalue weighted by Crippen LogP contribution is 2.28. The molecule has 11 heteroatoms. The SMILES string of the molecule is CCOCC1CN(C(=O)c2ccncc2)Cc2nn(C)cc21.O=C(O)C(F)(F)F. The molecule has 0 saturated heterocycles. The number of ether oxygens (including phenoxy) is 1. The number of fused-ring (bicyclic) bond motifs is 1. The normalized spacial score (nSPS) is 15.9. The second kappa shape index (κ2) is 9.50. The molecule has 158 valence electrons. The van der Waals surface area contributed by atoms with Crippen LogP contribution in [-0.2, 0) is 23.1 Å². The zero-order valence-electron chi connectivity index (χ0n) is 15.9. The van der Waals surface area contributed by atoms with Gasteiger partial charge in [0.25, 0.3) is 5.91 Å². The van der Waals surface area contributed by atoms with Gasteiger partial charge in [-0.3, -0.25) is 14.5 Å². The van der Waals surface area contributed by atoms with Crippen molar-refractivity contribution >= 4 is 11.9 Å². The molecule has 1 atom stereocenters. The van der Waals surface area contributed by atoms with Gasteiger partial charge in [-0.05, 0) is 19.1 Å². The molecule has 1 N–H and O–H groups in total. The molecule has 3 heterocycles. The molecule has 1 aliphatic heterocycles. The van der Waals surface area contributed by atoms with Crippen LogP contribution in [0.3, 0.4) is 0 Å². The number of carboxylic acid groups (broad SMARTS) is 1. The first-order valence-corrected chi connectivity index (χ1v) is 8.73. The van der Waals surface area contributed by atoms with E-state index < -0.39 is 12.1 Å². The lowest BCUT2D eigenvalue weighted by Gasteiger charge is -2.32. The van der Waals surface area contributed by atoms with E-state index in [0.717, 1.165) is 5.69 Å². The third-order valence-electron chi connectivity index (χ3n) is 4.14. The molecule has 0 bridgehead atoms. The highest BCUT2D eigenvalue weighted by molar-refractivity contribution is 5.94. The third kappa shape index (κ3) is 6.01. The maximum atomic E-state index is 12.7. The van der Waals surface area contributed by atoms with Crippen LogP contribution in [0.15, 0.2) is 30.7 Å². The number of carbonyl (C=O) groups excluding carboxylic acids is 1. The van der Waals surface area contributed by atoms with Crippen molar-refractivity contribution in [1.29, 1.82) is 0 Å². The van der Waals surface area contributed by atoms with E-state index >= 15 is 0 Å². The summed E-state index contributed by atoms with van der Waals surface area (Å²) in [6.45, 7) is 4.45. The number of nitrogens with zero attached hydrogens (tertiary/aromatic N) is 4. The summed E-state index contributed by atoms with van der Waals surface area (Å²) in [7, 11) is 1.91. The first-order chi connectivity index (χ1) is 13.6. The van der Waals surface area contributed by atoms with Gasteiger partial charge in [-0.2, -0.15) is 18.3 Å². The number of aryl methyl sites for hydroxylation is 1. The van der Waals surface area contributed by atoms with Crippen molar-refractivity contribution in [2.24, 2.45) is 7.05 Å². The molecule has 0 spiro atoms. The molecule has 2 aromatic heterocycles. The Morgan fingerprint density at radius 1 is 1.31 bits per heavy atom. The van der Waals surface area contributed by atoms with Crippen molar-refractivity contribution in [3.05, 3.63) is 47.5 Å². The molecule has 0 saturated carbocycles. The molecule has 0 radical (unpaired) electrons. The van der Waals surface area contributed by atoms with Gasteiger partial charge >= 0.3 is 12.1 Å². The number of pyridine rings is 1. The summed E-state index contributed by atoms with van der Waals surface area (Å²) in [5.74, 6) is -2.57. The van der Waals surface area contributed by atoms with E-state index in [0.29, 0.717) is 31.9 Å². The van der Waals surface area contributed by atoms with Crippen LogP contribution in [-0.4, -0.2) is 62.6 Å². The van der Waals surface area contributed by atoms with E-state index in [2.05, 4.69) is 10.1 Å². The number of aromatic nitrogens is 3. The van der Waals surface area contributed by atoms with Crippen LogP contribution in [0.1, 0.15) is 34.5 Å². The lowest BCUT2D eigenvalue weighted by atomic mass is 9.95. The maximum absolute atomic E-state index is 12.7. The second-order valence-electron chi connectivity index (χ2n) is 6.29. The number of hydrogen-bond donors (Lipinski definition) is 1. The van der Waals surface area contributed by atoms with Gasteiger partial charge in [-0.15, -0.1) is 0 Å². The Balaban J connectivity index is 0.000000370. The van der Waals surface area contributed by atoms with Gasteiger partial charge in [0, 0.05) is 55.8 Å². The summed E-state index contributed by atoms with van der Waals surface area (Å²) in [4.78, 5) is 27.4. The van der Waals surface area contributed by atoms with E-state index in [9.17, 15) is 18.0 Å². The number of amides is 1. The number of alkyl halides is 3. The van der Waals surface area contributed by atoms with Gasteiger partial charge in [0.2, 0.25) is 0 Å². The van der Waals surface area contributed by atoms with E-state index in [1.165, 1.54) is 5.56 Å². The number of rotatable bonds is 4. The average Bonchev–Trinajstić information content (AvgIpc) is 3.06. The lowest BCUT2D eigenvalue weighted by molar-refractivity contribution is -0.192. The first kappa shape index (κ1) is 22.3. The third-order valence-corrected chi connectivity index (χ3v) is 4.14. The number of hydrogen-bond acceptors (Lipinski definition) is 5. The first-order valence-electron chi connectivity index (χ1n) is 8.73. The minimum Gasteiger partial charge on any atom is -0.475 e. The van der Waals surface area contributed by atoms with Gasteiger partial charge in [0.05, 0.1) is 18.8 Å². The standard InChI is InChI=1S/C16H20N4O2.C2HF3O2/c1-3-22-11-13-8-20(10-15-14(13)9-19(2)18-15)16(21)12-4-6-17-7-5-12;3-2(4,5)1(6)7/h4-7,9,13H,3,8,10-11H2,1-2H3;(H,6,7). The van der Waals surface area contributed by atoms with E-state index in [1.807, 2.05) is 29.7 Å². The van der Waals surface area contributed by atoms with E-state index in [-0.39, 0.29) is 11.8 Å². The zero-order valence-corrected chi connectivity index (χ0v) is 15.9. The van der Waals surface area contributed by atoms with Crippen molar-refractivity contribution < 1.29 is 32.6 Å². The second-order valence-corrected chi connectivity index (χ2v) is 6.29. The van der Waals surface area contributed by atoms with Gasteiger partial charge in [-0.25, -0.2) is 4.79 Å². The Hall–Kier alpha value is -2.95. The molecule has 0 fully saturated rings. The van der Waals surface area contributed by atoms with Gasteiger partial charge in [0.1, 0.15) is 0 Å². The maximum Gasteiger partial charge on any atom is 0.490 e. The monoisotopic (exact) mass is 414 g/mol. The Labute approximate surface area is 164 Å². The van der Waals surface area contributed by atoms with Crippen LogP contribution in [0.25, 0.3) is 0 Å². The molecule has 29 heavy (non-hydrogen) atoms. The summed E-state index contributed by atoms with van der Waals surface area (Å²) < 4.78 is 39.1. The van der Waals surface area contributed by atoms with Crippen LogP contribution in [0.5, 0.6) is 0 Å². The van der Waals surface area contributed by atoms with Crippen LogP contribution in [0.4, 0.5) is 13.2 Å². The molecule has 1 aliphatic rings. The van der Waals surface area contributed by atoms with Gasteiger partial charge < -0.3 is 14.7 Å². The highest BCUT2D eigenvalue weighted by atomic mass is 19.4. The Bertz CT molecular complexity index is 839. The molecule has 3 rings (SSSR count). The Morgan fingerprint density at radius 3 is 2.48 bits per heavy atom. The summed E-state index contributed by atoms with van der Waals surface area (Å²) in [6, 6.07) is 3.49. The molecular formula is C18H21F3N4O4. The number of aliphatic carboxylic acids is 1. The van der Waals surface area contributed by atoms with Gasteiger partial charge in [0.15, 0.2) is 0 Å². The lowest BCUT2D eigenvalue weighted by Crippen LogP contribution is -2.39.